The van der Waals surface area contributed by atoms with Gasteiger partial charge in [0.2, 0.25) is 0 Å². The van der Waals surface area contributed by atoms with Crippen LogP contribution < -0.4 is 0 Å². The van der Waals surface area contributed by atoms with E-state index in [0.717, 1.165) is 25.2 Å². The molecule has 0 atom stereocenters. The van der Waals surface area contributed by atoms with Crippen LogP contribution in [0.5, 0.6) is 0 Å². The summed E-state index contributed by atoms with van der Waals surface area (Å²) < 4.78 is 16.1. The summed E-state index contributed by atoms with van der Waals surface area (Å²) in [5, 5.41) is 0. The van der Waals surface area contributed by atoms with Crippen molar-refractivity contribution in [1.29, 1.82) is 0 Å². The number of rotatable bonds is 8. The van der Waals surface area contributed by atoms with Gasteiger partial charge in [-0.2, -0.15) is 0 Å². The first-order chi connectivity index (χ1) is 10.3. The molecule has 0 unspecified atom stereocenters. The highest BCUT2D eigenvalue weighted by atomic mass is 16.7. The molecule has 4 heteroatoms. The summed E-state index contributed by atoms with van der Waals surface area (Å²) in [4.78, 5) is 11.7. The van der Waals surface area contributed by atoms with Crippen LogP contribution in [0.2, 0.25) is 0 Å². The minimum absolute atomic E-state index is 0.0842. The second kappa shape index (κ2) is 9.45. The molecular weight excluding hydrogens is 268 g/mol. The van der Waals surface area contributed by atoms with E-state index in [4.69, 9.17) is 14.2 Å². The zero-order chi connectivity index (χ0) is 14.8. The van der Waals surface area contributed by atoms with Crippen molar-refractivity contribution >= 4 is 11.9 Å². The highest BCUT2D eigenvalue weighted by molar-refractivity contribution is 5.79. The molecule has 114 valence electrons. The number of Topliss-reactive ketones (excluding diaryl/α,β-unsaturated/α-hetero) is 1. The maximum Gasteiger partial charge on any atom is 0.158 e. The van der Waals surface area contributed by atoms with E-state index >= 15 is 0 Å². The van der Waals surface area contributed by atoms with Crippen LogP contribution >= 0.6 is 0 Å². The predicted octanol–water partition coefficient (Wildman–Crippen LogP) is 2.83. The van der Waals surface area contributed by atoms with E-state index in [2.05, 4.69) is 0 Å². The Kier molecular flexibility index (Phi) is 7.15. The molecular formula is C17H22O4. The molecule has 2 rings (SSSR count). The normalized spacial score (nSPS) is 16.4. The number of ether oxygens (including phenoxy) is 3. The van der Waals surface area contributed by atoms with E-state index in [1.807, 2.05) is 42.5 Å². The number of carbonyl (C=O) groups excluding carboxylic acids is 1. The largest absolute Gasteiger partial charge is 0.370 e. The van der Waals surface area contributed by atoms with Crippen LogP contribution in [0.4, 0.5) is 0 Å². The molecule has 1 aromatic rings. The van der Waals surface area contributed by atoms with Gasteiger partial charge < -0.3 is 14.2 Å². The van der Waals surface area contributed by atoms with Crippen molar-refractivity contribution in [3.63, 3.8) is 0 Å². The van der Waals surface area contributed by atoms with E-state index in [0.29, 0.717) is 19.4 Å². The molecule has 0 saturated carbocycles. The van der Waals surface area contributed by atoms with Gasteiger partial charge >= 0.3 is 0 Å². The number of benzene rings is 1. The monoisotopic (exact) mass is 290 g/mol. The number of ketones is 1. The fraction of sp³-hybridized carbons (Fsp3) is 0.471. The fourth-order valence-electron chi connectivity index (χ4n) is 2.04. The molecule has 1 aromatic carbocycles. The lowest BCUT2D eigenvalue weighted by atomic mass is 10.2. The van der Waals surface area contributed by atoms with Crippen LogP contribution in [0.15, 0.2) is 36.4 Å². The van der Waals surface area contributed by atoms with Crippen molar-refractivity contribution < 1.29 is 19.0 Å². The summed E-state index contributed by atoms with van der Waals surface area (Å²) >= 11 is 0. The molecule has 0 N–H and O–H groups in total. The van der Waals surface area contributed by atoms with E-state index in [1.54, 1.807) is 0 Å². The molecule has 1 saturated heterocycles. The van der Waals surface area contributed by atoms with Gasteiger partial charge in [-0.3, -0.25) is 4.79 Å². The predicted molar refractivity (Wildman–Crippen MR) is 80.8 cm³/mol. The molecule has 0 aromatic heterocycles. The summed E-state index contributed by atoms with van der Waals surface area (Å²) in [6.45, 7) is 2.03. The Morgan fingerprint density at radius 3 is 2.76 bits per heavy atom. The third-order valence-corrected chi connectivity index (χ3v) is 3.14. The summed E-state index contributed by atoms with van der Waals surface area (Å²) in [7, 11) is 0. The molecule has 1 aliphatic rings. The third kappa shape index (κ3) is 6.67. The van der Waals surface area contributed by atoms with Crippen molar-refractivity contribution in [2.24, 2.45) is 0 Å². The lowest BCUT2D eigenvalue weighted by molar-refractivity contribution is -0.182. The van der Waals surface area contributed by atoms with Gasteiger partial charge in [0, 0.05) is 12.8 Å². The standard InChI is InChI=1S/C17H22O4/c18-16(9-10-17-20-12-5-13-21-17)14-19-11-4-8-15-6-2-1-3-7-15/h1-4,6-8,17H,5,9-14H2/b8-4+. The summed E-state index contributed by atoms with van der Waals surface area (Å²) in [6.07, 6.45) is 5.65. The average molecular weight is 290 g/mol. The van der Waals surface area contributed by atoms with Gasteiger partial charge in [0.15, 0.2) is 12.1 Å². The van der Waals surface area contributed by atoms with Gasteiger partial charge in [-0.25, -0.2) is 0 Å². The minimum Gasteiger partial charge on any atom is -0.370 e. The Labute approximate surface area is 125 Å². The SMILES string of the molecule is O=C(CCC1OCCCO1)COC/C=C/c1ccccc1. The molecule has 4 nitrogen and oxygen atoms in total. The first-order valence-electron chi connectivity index (χ1n) is 7.39. The Morgan fingerprint density at radius 1 is 1.24 bits per heavy atom. The lowest BCUT2D eigenvalue weighted by Gasteiger charge is -2.22. The highest BCUT2D eigenvalue weighted by Gasteiger charge is 2.15. The second-order valence-electron chi connectivity index (χ2n) is 4.93. The first kappa shape index (κ1) is 15.9. The van der Waals surface area contributed by atoms with Crippen LogP contribution in [0.3, 0.4) is 0 Å². The van der Waals surface area contributed by atoms with Crippen molar-refractivity contribution in [1.82, 2.24) is 0 Å². The van der Waals surface area contributed by atoms with Gasteiger partial charge in [0.25, 0.3) is 0 Å². The van der Waals surface area contributed by atoms with Crippen molar-refractivity contribution in [3.8, 4) is 0 Å². The third-order valence-electron chi connectivity index (χ3n) is 3.14. The van der Waals surface area contributed by atoms with E-state index in [1.165, 1.54) is 0 Å². The van der Waals surface area contributed by atoms with Crippen molar-refractivity contribution in [2.45, 2.75) is 25.6 Å². The minimum atomic E-state index is -0.222. The molecule has 0 aliphatic carbocycles. The molecule has 1 fully saturated rings. The van der Waals surface area contributed by atoms with Crippen LogP contribution in [0.1, 0.15) is 24.8 Å². The van der Waals surface area contributed by atoms with Crippen LogP contribution in [-0.4, -0.2) is 38.5 Å². The highest BCUT2D eigenvalue weighted by Crippen LogP contribution is 2.10. The van der Waals surface area contributed by atoms with Gasteiger partial charge in [-0.05, 0) is 12.0 Å². The Balaban J connectivity index is 1.53. The first-order valence-corrected chi connectivity index (χ1v) is 7.39. The van der Waals surface area contributed by atoms with Crippen LogP contribution in [-0.2, 0) is 19.0 Å². The average Bonchev–Trinajstić information content (AvgIpc) is 2.54. The smallest absolute Gasteiger partial charge is 0.158 e. The molecule has 0 bridgehead atoms. The van der Waals surface area contributed by atoms with E-state index < -0.39 is 0 Å². The maximum atomic E-state index is 11.7. The van der Waals surface area contributed by atoms with Gasteiger partial charge in [0.1, 0.15) is 6.61 Å². The molecule has 1 aliphatic heterocycles. The van der Waals surface area contributed by atoms with E-state index in [9.17, 15) is 4.79 Å². The maximum absolute atomic E-state index is 11.7. The quantitative estimate of drug-likeness (QED) is 0.691. The van der Waals surface area contributed by atoms with Gasteiger partial charge in [-0.1, -0.05) is 42.5 Å². The van der Waals surface area contributed by atoms with Crippen molar-refractivity contribution in [2.75, 3.05) is 26.4 Å². The Bertz CT molecular complexity index is 435. The van der Waals surface area contributed by atoms with Crippen LogP contribution in [0, 0.1) is 0 Å². The Morgan fingerprint density at radius 2 is 2.00 bits per heavy atom. The molecule has 1 heterocycles. The Hall–Kier alpha value is -1.49. The number of hydrogen-bond donors (Lipinski definition) is 0. The molecule has 0 spiro atoms. The van der Waals surface area contributed by atoms with Crippen LogP contribution in [0.25, 0.3) is 6.08 Å². The zero-order valence-corrected chi connectivity index (χ0v) is 12.2. The summed E-state index contributed by atoms with van der Waals surface area (Å²) in [5.74, 6) is 0.0842. The molecule has 21 heavy (non-hydrogen) atoms. The molecule has 0 amide bonds. The zero-order valence-electron chi connectivity index (χ0n) is 12.2. The van der Waals surface area contributed by atoms with Gasteiger partial charge in [-0.15, -0.1) is 0 Å². The second-order valence-corrected chi connectivity index (χ2v) is 4.93. The summed E-state index contributed by atoms with van der Waals surface area (Å²) in [6, 6.07) is 9.99. The van der Waals surface area contributed by atoms with Crippen molar-refractivity contribution in [3.05, 3.63) is 42.0 Å². The molecule has 0 radical (unpaired) electrons. The fourth-order valence-corrected chi connectivity index (χ4v) is 2.04. The number of carbonyl (C=O) groups is 1. The lowest BCUT2D eigenvalue weighted by Crippen LogP contribution is -2.25. The van der Waals surface area contributed by atoms with Gasteiger partial charge in [0.05, 0.1) is 19.8 Å². The number of hydrogen-bond acceptors (Lipinski definition) is 4. The van der Waals surface area contributed by atoms with E-state index in [-0.39, 0.29) is 18.7 Å². The summed E-state index contributed by atoms with van der Waals surface area (Å²) in [5.41, 5.74) is 1.12. The topological polar surface area (TPSA) is 44.8 Å².